The number of hydrogen-bond donors (Lipinski definition) is 3. The van der Waals surface area contributed by atoms with Gasteiger partial charge >= 0.3 is 6.03 Å². The summed E-state index contributed by atoms with van der Waals surface area (Å²) in [5.41, 5.74) is 7.14. The predicted octanol–water partition coefficient (Wildman–Crippen LogP) is 0.313. The first-order valence-electron chi connectivity index (χ1n) is 5.28. The molecule has 0 spiro atoms. The first-order chi connectivity index (χ1) is 8.67. The zero-order valence-electron chi connectivity index (χ0n) is 9.79. The molecule has 0 unspecified atom stereocenters. The summed E-state index contributed by atoms with van der Waals surface area (Å²) < 4.78 is 0. The fraction of sp³-hybridized carbons (Fsp3) is 0.200. The molecule has 1 aromatic heterocycles. The van der Waals surface area contributed by atoms with E-state index in [1.165, 1.54) is 4.80 Å². The van der Waals surface area contributed by atoms with Crippen LogP contribution in [0.1, 0.15) is 5.56 Å². The number of carbonyl (C=O) groups excluding carboxylic acids is 1. The minimum atomic E-state index is -0.427. The first-order valence-corrected chi connectivity index (χ1v) is 5.28. The largest absolute Gasteiger partial charge is 0.326 e. The molecule has 0 aliphatic rings. The summed E-state index contributed by atoms with van der Waals surface area (Å²) in [5.74, 6) is 0.147. The molecule has 1 aromatic carbocycles. The molecule has 2 amide bonds. The van der Waals surface area contributed by atoms with E-state index >= 15 is 0 Å². The van der Waals surface area contributed by atoms with Crippen molar-refractivity contribution >= 4 is 17.7 Å². The highest BCUT2D eigenvalue weighted by Gasteiger charge is 2.06. The van der Waals surface area contributed by atoms with Gasteiger partial charge in [0, 0.05) is 12.2 Å². The van der Waals surface area contributed by atoms with Gasteiger partial charge in [0.05, 0.1) is 7.05 Å². The van der Waals surface area contributed by atoms with E-state index in [2.05, 4.69) is 26.0 Å². The molecule has 0 saturated carbocycles. The highest BCUT2D eigenvalue weighted by atomic mass is 16.2. The minimum Gasteiger partial charge on any atom is -0.326 e. The van der Waals surface area contributed by atoms with Gasteiger partial charge in [-0.05, 0) is 22.9 Å². The van der Waals surface area contributed by atoms with Gasteiger partial charge in [0.15, 0.2) is 0 Å². The monoisotopic (exact) mass is 247 g/mol. The predicted molar refractivity (Wildman–Crippen MR) is 65.8 cm³/mol. The highest BCUT2D eigenvalue weighted by Crippen LogP contribution is 2.09. The number of urea groups is 1. The lowest BCUT2D eigenvalue weighted by Gasteiger charge is -2.05. The van der Waals surface area contributed by atoms with Gasteiger partial charge in [-0.15, -0.1) is 5.10 Å². The number of nitrogens with one attached hydrogen (secondary N) is 2. The highest BCUT2D eigenvalue weighted by molar-refractivity contribution is 5.98. The van der Waals surface area contributed by atoms with Gasteiger partial charge in [0.2, 0.25) is 0 Å². The van der Waals surface area contributed by atoms with Crippen molar-refractivity contribution in [3.8, 4) is 0 Å². The van der Waals surface area contributed by atoms with Crippen LogP contribution in [0.4, 0.5) is 16.4 Å². The number of anilines is 2. The molecular weight excluding hydrogens is 234 g/mol. The Morgan fingerprint density at radius 2 is 2.06 bits per heavy atom. The summed E-state index contributed by atoms with van der Waals surface area (Å²) >= 11 is 0. The van der Waals surface area contributed by atoms with E-state index in [9.17, 15) is 4.79 Å². The van der Waals surface area contributed by atoms with Crippen molar-refractivity contribution in [1.29, 1.82) is 0 Å². The molecule has 8 nitrogen and oxygen atoms in total. The maximum Gasteiger partial charge on any atom is 0.326 e. The summed E-state index contributed by atoms with van der Waals surface area (Å²) in [7, 11) is 1.61. The molecule has 0 aliphatic heterocycles. The van der Waals surface area contributed by atoms with Gasteiger partial charge in [-0.3, -0.25) is 5.32 Å². The fourth-order valence-corrected chi connectivity index (χ4v) is 1.32. The number of amides is 2. The quantitative estimate of drug-likeness (QED) is 0.723. The minimum absolute atomic E-state index is 0.147. The summed E-state index contributed by atoms with van der Waals surface area (Å²) in [6, 6.07) is 6.80. The topological polar surface area (TPSA) is 111 Å². The number of carbonyl (C=O) groups is 1. The molecule has 1 heterocycles. The van der Waals surface area contributed by atoms with E-state index < -0.39 is 6.03 Å². The number of aromatic nitrogens is 4. The average Bonchev–Trinajstić information content (AvgIpc) is 2.75. The van der Waals surface area contributed by atoms with Crippen LogP contribution in [0.15, 0.2) is 24.3 Å². The first kappa shape index (κ1) is 12.0. The second-order valence-corrected chi connectivity index (χ2v) is 3.58. The van der Waals surface area contributed by atoms with Gasteiger partial charge in [0.25, 0.3) is 5.95 Å². The van der Waals surface area contributed by atoms with Crippen LogP contribution in [0.2, 0.25) is 0 Å². The van der Waals surface area contributed by atoms with E-state index in [-0.39, 0.29) is 5.95 Å². The third-order valence-electron chi connectivity index (χ3n) is 2.18. The summed E-state index contributed by atoms with van der Waals surface area (Å²) in [5, 5.41) is 16.2. The molecule has 2 aromatic rings. The molecule has 0 atom stereocenters. The van der Waals surface area contributed by atoms with E-state index in [0.717, 1.165) is 5.56 Å². The normalized spacial score (nSPS) is 10.1. The number of benzene rings is 1. The van der Waals surface area contributed by atoms with Gasteiger partial charge in [-0.1, -0.05) is 17.2 Å². The third-order valence-corrected chi connectivity index (χ3v) is 2.18. The van der Waals surface area contributed by atoms with E-state index in [0.29, 0.717) is 12.2 Å². The second-order valence-electron chi connectivity index (χ2n) is 3.58. The zero-order valence-corrected chi connectivity index (χ0v) is 9.79. The van der Waals surface area contributed by atoms with Crippen molar-refractivity contribution in [2.75, 3.05) is 10.6 Å². The Morgan fingerprint density at radius 1 is 1.33 bits per heavy atom. The lowest BCUT2D eigenvalue weighted by Crippen LogP contribution is -2.20. The molecule has 0 fully saturated rings. The van der Waals surface area contributed by atoms with Crippen LogP contribution in [0.3, 0.4) is 0 Å². The van der Waals surface area contributed by atoms with Crippen LogP contribution in [0, 0.1) is 0 Å². The Balaban J connectivity index is 1.94. The van der Waals surface area contributed by atoms with Gasteiger partial charge in [-0.25, -0.2) is 4.79 Å². The van der Waals surface area contributed by atoms with Crippen molar-refractivity contribution in [3.63, 3.8) is 0 Å². The van der Waals surface area contributed by atoms with Gasteiger partial charge in [-0.2, -0.15) is 4.80 Å². The smallest absolute Gasteiger partial charge is 0.326 e. The lowest BCUT2D eigenvalue weighted by molar-refractivity contribution is 0.262. The van der Waals surface area contributed by atoms with E-state index in [4.69, 9.17) is 5.73 Å². The molecule has 0 bridgehead atoms. The summed E-state index contributed by atoms with van der Waals surface area (Å²) in [6.45, 7) is 0.468. The number of rotatable bonds is 3. The number of nitrogens with zero attached hydrogens (tertiary/aromatic N) is 4. The van der Waals surface area contributed by atoms with Crippen LogP contribution >= 0.6 is 0 Å². The van der Waals surface area contributed by atoms with Crippen molar-refractivity contribution in [2.24, 2.45) is 12.8 Å². The van der Waals surface area contributed by atoms with Crippen LogP contribution in [-0.4, -0.2) is 26.2 Å². The SMILES string of the molecule is Cn1nnc(NC(=O)Nc2ccc(CN)cc2)n1. The molecule has 0 aliphatic carbocycles. The van der Waals surface area contributed by atoms with E-state index in [1.807, 2.05) is 12.1 Å². The van der Waals surface area contributed by atoms with Crippen molar-refractivity contribution in [3.05, 3.63) is 29.8 Å². The fourth-order valence-electron chi connectivity index (χ4n) is 1.32. The Morgan fingerprint density at radius 3 is 2.61 bits per heavy atom. The third kappa shape index (κ3) is 3.01. The molecule has 0 saturated heterocycles. The standard InChI is InChI=1S/C10H13N7O/c1-17-15-9(14-16-17)13-10(18)12-8-4-2-7(6-11)3-5-8/h2-5H,6,11H2,1H3,(H2,12,13,15,18). The molecule has 8 heteroatoms. The molecule has 0 radical (unpaired) electrons. The number of aryl methyl sites for hydroxylation is 1. The number of hydrogen-bond acceptors (Lipinski definition) is 5. The number of tetrazole rings is 1. The van der Waals surface area contributed by atoms with Crippen LogP contribution in [0.25, 0.3) is 0 Å². The van der Waals surface area contributed by atoms with Crippen LogP contribution < -0.4 is 16.4 Å². The molecule has 4 N–H and O–H groups in total. The Labute approximate surface area is 103 Å². The number of nitrogens with two attached hydrogens (primary N) is 1. The summed E-state index contributed by atoms with van der Waals surface area (Å²) in [4.78, 5) is 12.8. The Bertz CT molecular complexity index is 533. The maximum atomic E-state index is 11.6. The van der Waals surface area contributed by atoms with Gasteiger partial charge < -0.3 is 11.1 Å². The Hall–Kier alpha value is -2.48. The summed E-state index contributed by atoms with van der Waals surface area (Å²) in [6.07, 6.45) is 0. The van der Waals surface area contributed by atoms with Crippen molar-refractivity contribution < 1.29 is 4.79 Å². The van der Waals surface area contributed by atoms with Crippen molar-refractivity contribution in [2.45, 2.75) is 6.54 Å². The average molecular weight is 247 g/mol. The van der Waals surface area contributed by atoms with Crippen LogP contribution in [-0.2, 0) is 13.6 Å². The zero-order chi connectivity index (χ0) is 13.0. The van der Waals surface area contributed by atoms with E-state index in [1.54, 1.807) is 19.2 Å². The lowest BCUT2D eigenvalue weighted by atomic mass is 10.2. The van der Waals surface area contributed by atoms with Crippen molar-refractivity contribution in [1.82, 2.24) is 20.2 Å². The van der Waals surface area contributed by atoms with Gasteiger partial charge in [0.1, 0.15) is 0 Å². The molecular formula is C10H13N7O. The molecule has 18 heavy (non-hydrogen) atoms. The molecule has 94 valence electrons. The Kier molecular flexibility index (Phi) is 3.49. The maximum absolute atomic E-state index is 11.6. The second kappa shape index (κ2) is 5.23. The molecule has 2 rings (SSSR count). The van der Waals surface area contributed by atoms with Crippen LogP contribution in [0.5, 0.6) is 0 Å².